The van der Waals surface area contributed by atoms with Crippen LogP contribution in [-0.2, 0) is 9.53 Å². The highest BCUT2D eigenvalue weighted by molar-refractivity contribution is 5.86. The van der Waals surface area contributed by atoms with E-state index >= 15 is 0 Å². The fourth-order valence-electron chi connectivity index (χ4n) is 5.25. The summed E-state index contributed by atoms with van der Waals surface area (Å²) >= 11 is 0. The molecule has 2 aliphatic rings. The number of aliphatic hydroxyl groups is 1. The molecule has 0 aromatic heterocycles. The first-order chi connectivity index (χ1) is 16.7. The lowest BCUT2D eigenvalue weighted by Crippen LogP contribution is -2.55. The zero-order valence-electron chi connectivity index (χ0n) is 21.2. The van der Waals surface area contributed by atoms with E-state index in [1.807, 2.05) is 68.1 Å². The first kappa shape index (κ1) is 25.2. The molecule has 1 saturated heterocycles. The third-order valence-corrected chi connectivity index (χ3v) is 7.10. The molecule has 0 spiro atoms. The number of benzene rings is 2. The summed E-state index contributed by atoms with van der Waals surface area (Å²) in [4.78, 5) is 29.8. The standard InChI is InChI=1S/C29H38N2O4/c1-28(2,3)35-27(33)31-20-18-30(19-21-31)26(32)25(29(34)16-8-5-9-17-29)24-14-12-23(13-15-24)22-10-6-4-7-11-22/h4,6-7,10-15,25,34H,5,8-9,16-21H2,1-3H3. The van der Waals surface area contributed by atoms with Gasteiger partial charge in [-0.25, -0.2) is 4.79 Å². The molecule has 4 rings (SSSR count). The van der Waals surface area contributed by atoms with E-state index in [0.717, 1.165) is 36.0 Å². The number of rotatable bonds is 4. The molecule has 1 aliphatic carbocycles. The zero-order chi connectivity index (χ0) is 25.1. The SMILES string of the molecule is CC(C)(C)OC(=O)N1CCN(C(=O)C(c2ccc(-c3ccccc3)cc2)C2(O)CCCCC2)CC1. The van der Waals surface area contributed by atoms with Crippen molar-refractivity contribution in [3.8, 4) is 11.1 Å². The molecule has 2 amide bonds. The van der Waals surface area contributed by atoms with Gasteiger partial charge in [0.1, 0.15) is 5.60 Å². The van der Waals surface area contributed by atoms with E-state index in [9.17, 15) is 14.7 Å². The molecule has 2 fully saturated rings. The Labute approximate surface area is 208 Å². The maximum Gasteiger partial charge on any atom is 0.410 e. The highest BCUT2D eigenvalue weighted by Crippen LogP contribution is 2.41. The lowest BCUT2D eigenvalue weighted by molar-refractivity contribution is -0.143. The van der Waals surface area contributed by atoms with E-state index in [1.54, 1.807) is 4.90 Å². The molecule has 2 aromatic carbocycles. The topological polar surface area (TPSA) is 70.1 Å². The fourth-order valence-corrected chi connectivity index (χ4v) is 5.25. The van der Waals surface area contributed by atoms with Gasteiger partial charge in [-0.05, 0) is 50.3 Å². The molecule has 1 aliphatic heterocycles. The minimum Gasteiger partial charge on any atom is -0.444 e. The molecule has 0 bridgehead atoms. The summed E-state index contributed by atoms with van der Waals surface area (Å²) in [7, 11) is 0. The predicted molar refractivity (Wildman–Crippen MR) is 137 cm³/mol. The van der Waals surface area contributed by atoms with Crippen LogP contribution in [-0.4, -0.2) is 64.3 Å². The van der Waals surface area contributed by atoms with Gasteiger partial charge in [-0.15, -0.1) is 0 Å². The van der Waals surface area contributed by atoms with Gasteiger partial charge < -0.3 is 19.6 Å². The molecular weight excluding hydrogens is 440 g/mol. The van der Waals surface area contributed by atoms with E-state index in [4.69, 9.17) is 4.74 Å². The number of hydrogen-bond donors (Lipinski definition) is 1. The van der Waals surface area contributed by atoms with Crippen LogP contribution < -0.4 is 0 Å². The van der Waals surface area contributed by atoms with Gasteiger partial charge in [0.05, 0.1) is 11.5 Å². The van der Waals surface area contributed by atoms with Crippen molar-refractivity contribution in [3.63, 3.8) is 0 Å². The van der Waals surface area contributed by atoms with Gasteiger partial charge in [0.25, 0.3) is 0 Å². The fraction of sp³-hybridized carbons (Fsp3) is 0.517. The maximum absolute atomic E-state index is 13.9. The van der Waals surface area contributed by atoms with Crippen molar-refractivity contribution < 1.29 is 19.4 Å². The van der Waals surface area contributed by atoms with Crippen LogP contribution in [0, 0.1) is 0 Å². The molecule has 0 radical (unpaired) electrons. The Morgan fingerprint density at radius 3 is 1.94 bits per heavy atom. The van der Waals surface area contributed by atoms with Crippen molar-refractivity contribution >= 4 is 12.0 Å². The van der Waals surface area contributed by atoms with Crippen molar-refractivity contribution in [1.82, 2.24) is 9.80 Å². The van der Waals surface area contributed by atoms with Crippen molar-refractivity contribution in [1.29, 1.82) is 0 Å². The Morgan fingerprint density at radius 1 is 0.829 bits per heavy atom. The van der Waals surface area contributed by atoms with Gasteiger partial charge in [0, 0.05) is 26.2 Å². The zero-order valence-corrected chi connectivity index (χ0v) is 21.2. The lowest BCUT2D eigenvalue weighted by atomic mass is 9.72. The summed E-state index contributed by atoms with van der Waals surface area (Å²) in [5, 5.41) is 11.7. The van der Waals surface area contributed by atoms with Crippen molar-refractivity contribution in [2.75, 3.05) is 26.2 Å². The van der Waals surface area contributed by atoms with Crippen molar-refractivity contribution in [2.24, 2.45) is 0 Å². The van der Waals surface area contributed by atoms with Gasteiger partial charge >= 0.3 is 6.09 Å². The largest absolute Gasteiger partial charge is 0.444 e. The summed E-state index contributed by atoms with van der Waals surface area (Å²) in [5.74, 6) is -0.661. The quantitative estimate of drug-likeness (QED) is 0.655. The van der Waals surface area contributed by atoms with Gasteiger partial charge in [0.2, 0.25) is 5.91 Å². The minimum atomic E-state index is -1.05. The number of carbonyl (C=O) groups excluding carboxylic acids is 2. The third-order valence-electron chi connectivity index (χ3n) is 7.10. The predicted octanol–water partition coefficient (Wildman–Crippen LogP) is 5.21. The van der Waals surface area contributed by atoms with E-state index in [-0.39, 0.29) is 12.0 Å². The van der Waals surface area contributed by atoms with Crippen LogP contribution in [0.15, 0.2) is 54.6 Å². The second-order valence-corrected chi connectivity index (χ2v) is 10.9. The molecule has 1 saturated carbocycles. The third kappa shape index (κ3) is 6.04. The Hall–Kier alpha value is -2.86. The summed E-state index contributed by atoms with van der Waals surface area (Å²) in [6.45, 7) is 7.28. The molecular formula is C29H38N2O4. The monoisotopic (exact) mass is 478 g/mol. The number of amides is 2. The average Bonchev–Trinajstić information content (AvgIpc) is 2.84. The number of piperazine rings is 1. The van der Waals surface area contributed by atoms with Crippen LogP contribution in [0.1, 0.15) is 64.4 Å². The van der Waals surface area contributed by atoms with Gasteiger partial charge in [0.15, 0.2) is 0 Å². The normalized spacial score (nSPS) is 19.2. The highest BCUT2D eigenvalue weighted by atomic mass is 16.6. The molecule has 1 atom stereocenters. The van der Waals surface area contributed by atoms with E-state index in [2.05, 4.69) is 12.1 Å². The maximum atomic E-state index is 13.9. The minimum absolute atomic E-state index is 0.0503. The molecule has 2 aromatic rings. The first-order valence-electron chi connectivity index (χ1n) is 12.8. The second kappa shape index (κ2) is 10.4. The van der Waals surface area contributed by atoms with E-state index in [1.165, 1.54) is 0 Å². The number of carbonyl (C=O) groups is 2. The Balaban J connectivity index is 1.53. The van der Waals surface area contributed by atoms with Crippen LogP contribution in [0.3, 0.4) is 0 Å². The van der Waals surface area contributed by atoms with Crippen LogP contribution in [0.25, 0.3) is 11.1 Å². The van der Waals surface area contributed by atoms with Crippen LogP contribution >= 0.6 is 0 Å². The highest BCUT2D eigenvalue weighted by Gasteiger charge is 2.45. The van der Waals surface area contributed by atoms with Crippen LogP contribution in [0.5, 0.6) is 0 Å². The average molecular weight is 479 g/mol. The molecule has 1 heterocycles. The summed E-state index contributed by atoms with van der Waals surface area (Å²) in [6, 6.07) is 18.2. The Bertz CT molecular complexity index is 999. The molecule has 35 heavy (non-hydrogen) atoms. The molecule has 6 heteroatoms. The number of nitrogens with zero attached hydrogens (tertiary/aromatic N) is 2. The van der Waals surface area contributed by atoms with E-state index < -0.39 is 17.1 Å². The molecule has 6 nitrogen and oxygen atoms in total. The Morgan fingerprint density at radius 2 is 1.37 bits per heavy atom. The van der Waals surface area contributed by atoms with Gasteiger partial charge in [-0.1, -0.05) is 73.9 Å². The van der Waals surface area contributed by atoms with E-state index in [0.29, 0.717) is 39.0 Å². The number of ether oxygens (including phenoxy) is 1. The van der Waals surface area contributed by atoms with Crippen molar-refractivity contribution in [2.45, 2.75) is 70.0 Å². The summed E-state index contributed by atoms with van der Waals surface area (Å²) < 4.78 is 5.49. The summed E-state index contributed by atoms with van der Waals surface area (Å²) in [5.41, 5.74) is 1.46. The number of hydrogen-bond acceptors (Lipinski definition) is 4. The van der Waals surface area contributed by atoms with Gasteiger partial charge in [-0.3, -0.25) is 4.79 Å². The molecule has 1 unspecified atom stereocenters. The summed E-state index contributed by atoms with van der Waals surface area (Å²) in [6.07, 6.45) is 3.85. The van der Waals surface area contributed by atoms with Crippen LogP contribution in [0.4, 0.5) is 4.79 Å². The lowest BCUT2D eigenvalue weighted by Gasteiger charge is -2.43. The molecule has 188 valence electrons. The van der Waals surface area contributed by atoms with Crippen LogP contribution in [0.2, 0.25) is 0 Å². The Kier molecular flexibility index (Phi) is 7.50. The first-order valence-corrected chi connectivity index (χ1v) is 12.8. The smallest absolute Gasteiger partial charge is 0.410 e. The molecule has 1 N–H and O–H groups in total. The second-order valence-electron chi connectivity index (χ2n) is 10.9. The van der Waals surface area contributed by atoms with Crippen molar-refractivity contribution in [3.05, 3.63) is 60.2 Å². The van der Waals surface area contributed by atoms with Gasteiger partial charge in [-0.2, -0.15) is 0 Å².